The Morgan fingerprint density at radius 1 is 1.12 bits per heavy atom. The number of ketones is 1. The van der Waals surface area contributed by atoms with Crippen LogP contribution in [-0.4, -0.2) is 21.1 Å². The summed E-state index contributed by atoms with van der Waals surface area (Å²) in [6.45, 7) is 0.595. The van der Waals surface area contributed by atoms with Gasteiger partial charge in [0.05, 0.1) is 10.9 Å². The van der Waals surface area contributed by atoms with Crippen LogP contribution in [0, 0.1) is 4.77 Å². The number of allylic oxidation sites excluding steroid dienone is 2. The van der Waals surface area contributed by atoms with Crippen LogP contribution in [0.25, 0.3) is 10.9 Å². The predicted molar refractivity (Wildman–Crippen MR) is 141 cm³/mol. The summed E-state index contributed by atoms with van der Waals surface area (Å²) in [4.78, 5) is 28.9. The molecule has 6 heteroatoms. The molecule has 172 valence electrons. The van der Waals surface area contributed by atoms with Crippen LogP contribution in [0.15, 0.2) is 65.0 Å². The average Bonchev–Trinajstić information content (AvgIpc) is 2.84. The highest BCUT2D eigenvalue weighted by Gasteiger charge is 2.12. The van der Waals surface area contributed by atoms with E-state index >= 15 is 0 Å². The van der Waals surface area contributed by atoms with Crippen LogP contribution in [-0.2, 0) is 12.3 Å². The quantitative estimate of drug-likeness (QED) is 0.150. The second kappa shape index (κ2) is 11.6. The third-order valence-electron chi connectivity index (χ3n) is 6.15. The van der Waals surface area contributed by atoms with Crippen LogP contribution in [0.3, 0.4) is 0 Å². The molecule has 0 amide bonds. The van der Waals surface area contributed by atoms with E-state index in [0.717, 1.165) is 37.2 Å². The van der Waals surface area contributed by atoms with Crippen molar-refractivity contribution in [1.82, 2.24) is 9.55 Å². The summed E-state index contributed by atoms with van der Waals surface area (Å²) in [6.07, 6.45) is 9.25. The van der Waals surface area contributed by atoms with Crippen molar-refractivity contribution in [2.24, 2.45) is 0 Å². The van der Waals surface area contributed by atoms with Crippen LogP contribution in [0.2, 0.25) is 0 Å². The number of thioether (sulfide) groups is 1. The van der Waals surface area contributed by atoms with E-state index < -0.39 is 0 Å². The number of hydrogen-bond donors (Lipinski definition) is 1. The van der Waals surface area contributed by atoms with Gasteiger partial charge in [0.2, 0.25) is 0 Å². The lowest BCUT2D eigenvalue weighted by atomic mass is 9.97. The molecule has 0 spiro atoms. The van der Waals surface area contributed by atoms with Gasteiger partial charge in [-0.25, -0.2) is 0 Å². The SMILES string of the molecule is O=C(CCCSCc1ccccc1)c1ccc2c(=O)n(CCC3=CCCCC3)c(=S)[nH]c2c1. The maximum absolute atomic E-state index is 13.0. The maximum atomic E-state index is 13.0. The number of aromatic nitrogens is 2. The van der Waals surface area contributed by atoms with Crippen molar-refractivity contribution in [3.63, 3.8) is 0 Å². The van der Waals surface area contributed by atoms with Gasteiger partial charge in [-0.15, -0.1) is 0 Å². The fourth-order valence-corrected chi connectivity index (χ4v) is 5.47. The molecule has 0 atom stereocenters. The summed E-state index contributed by atoms with van der Waals surface area (Å²) in [7, 11) is 0. The number of carbonyl (C=O) groups is 1. The smallest absolute Gasteiger partial charge is 0.262 e. The molecule has 33 heavy (non-hydrogen) atoms. The molecule has 2 aromatic carbocycles. The molecule has 1 aromatic heterocycles. The first-order chi connectivity index (χ1) is 16.1. The van der Waals surface area contributed by atoms with E-state index in [-0.39, 0.29) is 11.3 Å². The summed E-state index contributed by atoms with van der Waals surface area (Å²) in [5.74, 6) is 2.01. The Kier molecular flexibility index (Phi) is 8.35. The van der Waals surface area contributed by atoms with Crippen molar-refractivity contribution in [3.05, 3.63) is 86.4 Å². The van der Waals surface area contributed by atoms with Gasteiger partial charge in [0, 0.05) is 24.3 Å². The van der Waals surface area contributed by atoms with Crippen molar-refractivity contribution >= 4 is 40.7 Å². The second-order valence-electron chi connectivity index (χ2n) is 8.57. The van der Waals surface area contributed by atoms with E-state index in [2.05, 4.69) is 23.2 Å². The Hall–Kier alpha value is -2.44. The Bertz CT molecular complexity index is 1260. The Morgan fingerprint density at radius 3 is 2.76 bits per heavy atom. The number of nitrogens with one attached hydrogen (secondary N) is 1. The van der Waals surface area contributed by atoms with E-state index in [9.17, 15) is 9.59 Å². The van der Waals surface area contributed by atoms with Crippen LogP contribution in [0.5, 0.6) is 0 Å². The first kappa shape index (κ1) is 23.7. The van der Waals surface area contributed by atoms with E-state index in [0.29, 0.717) is 34.2 Å². The maximum Gasteiger partial charge on any atom is 0.262 e. The molecule has 4 rings (SSSR count). The third-order valence-corrected chi connectivity index (χ3v) is 7.59. The summed E-state index contributed by atoms with van der Waals surface area (Å²) in [6, 6.07) is 15.7. The summed E-state index contributed by atoms with van der Waals surface area (Å²) >= 11 is 7.33. The zero-order chi connectivity index (χ0) is 23.0. The lowest BCUT2D eigenvalue weighted by molar-refractivity contribution is 0.0982. The molecule has 4 nitrogen and oxygen atoms in total. The number of fused-ring (bicyclic) bond motifs is 1. The summed E-state index contributed by atoms with van der Waals surface area (Å²) in [5, 5.41) is 0.580. The third kappa shape index (κ3) is 6.33. The Labute approximate surface area is 204 Å². The lowest BCUT2D eigenvalue weighted by Gasteiger charge is -2.14. The van der Waals surface area contributed by atoms with E-state index in [4.69, 9.17) is 12.2 Å². The highest BCUT2D eigenvalue weighted by molar-refractivity contribution is 7.98. The number of hydrogen-bond acceptors (Lipinski definition) is 4. The minimum absolute atomic E-state index is 0.0820. The molecule has 0 unspecified atom stereocenters. The largest absolute Gasteiger partial charge is 0.332 e. The van der Waals surface area contributed by atoms with Gasteiger partial charge in [-0.2, -0.15) is 11.8 Å². The first-order valence-electron chi connectivity index (χ1n) is 11.7. The fraction of sp³-hybridized carbons (Fsp3) is 0.370. The molecule has 3 aromatic rings. The molecule has 0 bridgehead atoms. The van der Waals surface area contributed by atoms with E-state index in [1.807, 2.05) is 30.0 Å². The molecule has 0 fully saturated rings. The number of Topliss-reactive ketones (excluding diaryl/α,β-unsaturated/α-hetero) is 1. The Morgan fingerprint density at radius 2 is 1.97 bits per heavy atom. The van der Waals surface area contributed by atoms with E-state index in [1.54, 1.807) is 22.8 Å². The second-order valence-corrected chi connectivity index (χ2v) is 10.1. The summed E-state index contributed by atoms with van der Waals surface area (Å²) < 4.78 is 2.07. The average molecular weight is 479 g/mol. The summed E-state index contributed by atoms with van der Waals surface area (Å²) in [5.41, 5.74) is 3.92. The topological polar surface area (TPSA) is 54.9 Å². The first-order valence-corrected chi connectivity index (χ1v) is 13.3. The number of rotatable bonds is 10. The Balaban J connectivity index is 1.37. The van der Waals surface area contributed by atoms with Crippen LogP contribution >= 0.6 is 24.0 Å². The molecule has 0 radical (unpaired) electrons. The van der Waals surface area contributed by atoms with Crippen LogP contribution in [0.4, 0.5) is 0 Å². The normalized spacial score (nSPS) is 13.8. The molecule has 1 aliphatic carbocycles. The van der Waals surface area contributed by atoms with Crippen molar-refractivity contribution in [2.45, 2.75) is 57.2 Å². The highest BCUT2D eigenvalue weighted by atomic mass is 32.2. The van der Waals surface area contributed by atoms with Gasteiger partial charge >= 0.3 is 0 Å². The highest BCUT2D eigenvalue weighted by Crippen LogP contribution is 2.21. The number of benzene rings is 2. The minimum atomic E-state index is -0.0820. The van der Waals surface area contributed by atoms with Gasteiger partial charge in [0.25, 0.3) is 5.56 Å². The van der Waals surface area contributed by atoms with Gasteiger partial charge in [-0.05, 0) is 74.2 Å². The van der Waals surface area contributed by atoms with Gasteiger partial charge in [0.1, 0.15) is 0 Å². The number of aromatic amines is 1. The number of carbonyl (C=O) groups excluding carboxylic acids is 1. The van der Waals surface area contributed by atoms with Gasteiger partial charge < -0.3 is 4.98 Å². The monoisotopic (exact) mass is 478 g/mol. The lowest BCUT2D eigenvalue weighted by Crippen LogP contribution is -2.23. The van der Waals surface area contributed by atoms with Crippen LogP contribution in [0.1, 0.15) is 60.9 Å². The molecule has 1 heterocycles. The molecule has 0 saturated carbocycles. The van der Waals surface area contributed by atoms with Crippen molar-refractivity contribution in [3.8, 4) is 0 Å². The van der Waals surface area contributed by atoms with Crippen LogP contribution < -0.4 is 5.56 Å². The van der Waals surface area contributed by atoms with Gasteiger partial charge in [-0.3, -0.25) is 14.2 Å². The van der Waals surface area contributed by atoms with E-state index in [1.165, 1.54) is 24.0 Å². The van der Waals surface area contributed by atoms with Crippen molar-refractivity contribution in [2.75, 3.05) is 5.75 Å². The number of H-pyrrole nitrogens is 1. The van der Waals surface area contributed by atoms with Gasteiger partial charge in [-0.1, -0.05) is 48.0 Å². The van der Waals surface area contributed by atoms with Crippen molar-refractivity contribution in [1.29, 1.82) is 0 Å². The molecule has 0 aliphatic heterocycles. The molecule has 1 N–H and O–H groups in total. The standard InChI is InChI=1S/C27H30N2O2S2/c30-25(12-7-17-33-19-21-10-5-2-6-11-21)22-13-14-23-24(18-22)28-27(32)29(26(23)31)16-15-20-8-3-1-4-9-20/h2,5-6,8,10-11,13-14,18H,1,3-4,7,9,12,15-17,19H2,(H,28,32). The fourth-order valence-electron chi connectivity index (χ4n) is 4.26. The molecular weight excluding hydrogens is 448 g/mol. The molecule has 1 aliphatic rings. The van der Waals surface area contributed by atoms with Gasteiger partial charge in [0.15, 0.2) is 10.6 Å². The molecule has 0 saturated heterocycles. The zero-order valence-electron chi connectivity index (χ0n) is 18.8. The molecular formula is C27H30N2O2S2. The zero-order valence-corrected chi connectivity index (χ0v) is 20.5. The predicted octanol–water partition coefficient (Wildman–Crippen LogP) is 6.85. The number of nitrogens with zero attached hydrogens (tertiary/aromatic N) is 1. The minimum Gasteiger partial charge on any atom is -0.332 e. The van der Waals surface area contributed by atoms with Crippen molar-refractivity contribution < 1.29 is 4.79 Å².